The Kier molecular flexibility index (Phi) is 4.16. The molecule has 3 rings (SSSR count). The SMILES string of the molecule is CC(=O)Oc1cc([N+](=O)[O-])ccc1N1C(=O)c2ccc(C(=O)[O-])cc2C1=O. The Balaban J connectivity index is 2.12. The molecule has 0 bridgehead atoms. The lowest BCUT2D eigenvalue weighted by Crippen LogP contribution is -2.30. The lowest BCUT2D eigenvalue weighted by atomic mass is 10.1. The van der Waals surface area contributed by atoms with Crippen LogP contribution in [-0.2, 0) is 4.79 Å². The second-order valence-electron chi connectivity index (χ2n) is 5.50. The summed E-state index contributed by atoms with van der Waals surface area (Å²) in [5, 5.41) is 21.9. The number of nitro groups is 1. The van der Waals surface area contributed by atoms with Crippen molar-refractivity contribution in [2.24, 2.45) is 0 Å². The third-order valence-electron chi connectivity index (χ3n) is 3.77. The van der Waals surface area contributed by atoms with E-state index in [0.717, 1.165) is 43.3 Å². The number of nitro benzene ring substituents is 1. The number of aromatic carboxylic acids is 1. The molecule has 0 N–H and O–H groups in total. The largest absolute Gasteiger partial charge is 0.545 e. The number of imide groups is 1. The number of benzene rings is 2. The molecule has 0 spiro atoms. The van der Waals surface area contributed by atoms with E-state index in [-0.39, 0.29) is 28.1 Å². The third kappa shape index (κ3) is 2.99. The highest BCUT2D eigenvalue weighted by Crippen LogP contribution is 2.37. The Labute approximate surface area is 150 Å². The summed E-state index contributed by atoms with van der Waals surface area (Å²) in [5.41, 5.74) is -1.12. The van der Waals surface area contributed by atoms with Crippen LogP contribution in [0.15, 0.2) is 36.4 Å². The predicted octanol–water partition coefficient (Wildman–Crippen LogP) is 0.684. The van der Waals surface area contributed by atoms with Crippen molar-refractivity contribution < 1.29 is 33.9 Å². The molecule has 0 aromatic heterocycles. The summed E-state index contributed by atoms with van der Waals surface area (Å²) in [6, 6.07) is 6.33. The average molecular weight is 369 g/mol. The van der Waals surface area contributed by atoms with Gasteiger partial charge in [0.2, 0.25) is 0 Å². The van der Waals surface area contributed by atoms with Crippen LogP contribution in [0.25, 0.3) is 0 Å². The van der Waals surface area contributed by atoms with Crippen LogP contribution in [0.3, 0.4) is 0 Å². The highest BCUT2D eigenvalue weighted by Gasteiger charge is 2.39. The number of rotatable bonds is 4. The Bertz CT molecular complexity index is 1040. The van der Waals surface area contributed by atoms with Crippen LogP contribution in [0, 0.1) is 10.1 Å². The van der Waals surface area contributed by atoms with Crippen molar-refractivity contribution >= 4 is 35.1 Å². The first-order chi connectivity index (χ1) is 12.7. The van der Waals surface area contributed by atoms with E-state index in [2.05, 4.69) is 0 Å². The van der Waals surface area contributed by atoms with E-state index in [1.54, 1.807) is 0 Å². The molecular weight excluding hydrogens is 360 g/mol. The maximum Gasteiger partial charge on any atom is 0.308 e. The first kappa shape index (κ1) is 17.7. The number of nitrogens with zero attached hydrogens (tertiary/aromatic N) is 2. The maximum absolute atomic E-state index is 12.7. The number of hydrogen-bond donors (Lipinski definition) is 0. The summed E-state index contributed by atoms with van der Waals surface area (Å²) in [4.78, 5) is 58.4. The van der Waals surface area contributed by atoms with Crippen molar-refractivity contribution in [2.45, 2.75) is 6.92 Å². The Morgan fingerprint density at radius 1 is 1.04 bits per heavy atom. The highest BCUT2D eigenvalue weighted by molar-refractivity contribution is 6.35. The molecule has 0 saturated carbocycles. The molecule has 0 aliphatic carbocycles. The van der Waals surface area contributed by atoms with Crippen molar-refractivity contribution in [1.82, 2.24) is 0 Å². The second-order valence-corrected chi connectivity index (χ2v) is 5.50. The molecule has 2 aromatic carbocycles. The van der Waals surface area contributed by atoms with Crippen LogP contribution in [0.2, 0.25) is 0 Å². The van der Waals surface area contributed by atoms with Gasteiger partial charge in [0.05, 0.1) is 33.8 Å². The van der Waals surface area contributed by atoms with Gasteiger partial charge in [-0.15, -0.1) is 0 Å². The summed E-state index contributed by atoms with van der Waals surface area (Å²) in [7, 11) is 0. The lowest BCUT2D eigenvalue weighted by molar-refractivity contribution is -0.384. The number of anilines is 1. The molecule has 2 amide bonds. The topological polar surface area (TPSA) is 147 Å². The van der Waals surface area contributed by atoms with Crippen LogP contribution in [-0.4, -0.2) is 28.7 Å². The third-order valence-corrected chi connectivity index (χ3v) is 3.77. The molecule has 2 aromatic rings. The van der Waals surface area contributed by atoms with Gasteiger partial charge in [-0.05, 0) is 23.8 Å². The summed E-state index contributed by atoms with van der Waals surface area (Å²) >= 11 is 0. The molecule has 0 radical (unpaired) electrons. The second kappa shape index (κ2) is 6.33. The Hall–Kier alpha value is -4.08. The first-order valence-corrected chi connectivity index (χ1v) is 7.41. The molecule has 1 aliphatic rings. The van der Waals surface area contributed by atoms with Crippen molar-refractivity contribution in [3.63, 3.8) is 0 Å². The number of hydrogen-bond acceptors (Lipinski definition) is 8. The monoisotopic (exact) mass is 369 g/mol. The standard InChI is InChI=1S/C17H10N2O8/c1-8(20)27-14-7-10(19(25)26)3-5-13(14)18-15(21)11-4-2-9(17(23)24)6-12(11)16(18)22/h2-7H,1H3,(H,23,24)/p-1. The summed E-state index contributed by atoms with van der Waals surface area (Å²) in [6.45, 7) is 1.05. The number of carboxylic acid groups (broad SMARTS) is 1. The maximum atomic E-state index is 12.7. The molecule has 0 unspecified atom stereocenters. The van der Waals surface area contributed by atoms with E-state index in [1.807, 2.05) is 0 Å². The van der Waals surface area contributed by atoms with Gasteiger partial charge in [0.1, 0.15) is 0 Å². The van der Waals surface area contributed by atoms with Crippen molar-refractivity contribution in [2.75, 3.05) is 4.90 Å². The van der Waals surface area contributed by atoms with Crippen molar-refractivity contribution in [1.29, 1.82) is 0 Å². The fourth-order valence-electron chi connectivity index (χ4n) is 2.62. The van der Waals surface area contributed by atoms with E-state index >= 15 is 0 Å². The van der Waals surface area contributed by atoms with E-state index in [4.69, 9.17) is 4.74 Å². The number of amides is 2. The molecule has 136 valence electrons. The highest BCUT2D eigenvalue weighted by atomic mass is 16.6. The number of ether oxygens (including phenoxy) is 1. The molecule has 27 heavy (non-hydrogen) atoms. The fraction of sp³-hybridized carbons (Fsp3) is 0.0588. The smallest absolute Gasteiger partial charge is 0.308 e. The summed E-state index contributed by atoms with van der Waals surface area (Å²) in [5.74, 6) is -4.34. The van der Waals surface area contributed by atoms with Gasteiger partial charge < -0.3 is 14.6 Å². The molecule has 1 heterocycles. The molecular formula is C17H9N2O8-. The van der Waals surface area contributed by atoms with Gasteiger partial charge in [0, 0.05) is 13.0 Å². The Morgan fingerprint density at radius 2 is 1.70 bits per heavy atom. The molecule has 10 nitrogen and oxygen atoms in total. The van der Waals surface area contributed by atoms with Crippen LogP contribution >= 0.6 is 0 Å². The number of fused-ring (bicyclic) bond motifs is 1. The molecule has 10 heteroatoms. The van der Waals surface area contributed by atoms with Crippen LogP contribution in [0.5, 0.6) is 5.75 Å². The first-order valence-electron chi connectivity index (χ1n) is 7.41. The minimum Gasteiger partial charge on any atom is -0.545 e. The average Bonchev–Trinajstić information content (AvgIpc) is 2.85. The quantitative estimate of drug-likeness (QED) is 0.251. The normalized spacial score (nSPS) is 12.7. The number of esters is 1. The fourth-order valence-corrected chi connectivity index (χ4v) is 2.62. The van der Waals surface area contributed by atoms with Gasteiger partial charge in [0.25, 0.3) is 17.5 Å². The van der Waals surface area contributed by atoms with Crippen LogP contribution in [0.1, 0.15) is 38.0 Å². The summed E-state index contributed by atoms with van der Waals surface area (Å²) in [6.07, 6.45) is 0. The van der Waals surface area contributed by atoms with Gasteiger partial charge >= 0.3 is 5.97 Å². The van der Waals surface area contributed by atoms with E-state index in [1.165, 1.54) is 0 Å². The minimum atomic E-state index is -1.52. The van der Waals surface area contributed by atoms with Gasteiger partial charge in [-0.2, -0.15) is 0 Å². The zero-order chi connectivity index (χ0) is 19.9. The lowest BCUT2D eigenvalue weighted by Gasteiger charge is -2.17. The molecule has 0 saturated heterocycles. The Morgan fingerprint density at radius 3 is 2.30 bits per heavy atom. The van der Waals surface area contributed by atoms with Gasteiger partial charge in [-0.25, -0.2) is 4.90 Å². The van der Waals surface area contributed by atoms with E-state index in [0.29, 0.717) is 4.90 Å². The molecule has 1 aliphatic heterocycles. The molecule has 0 fully saturated rings. The van der Waals surface area contributed by atoms with Gasteiger partial charge in [-0.3, -0.25) is 24.5 Å². The van der Waals surface area contributed by atoms with Crippen LogP contribution in [0.4, 0.5) is 11.4 Å². The zero-order valence-corrected chi connectivity index (χ0v) is 13.6. The van der Waals surface area contributed by atoms with E-state index < -0.39 is 34.4 Å². The van der Waals surface area contributed by atoms with Crippen molar-refractivity contribution in [3.8, 4) is 5.75 Å². The number of carboxylic acids is 1. The number of non-ortho nitro benzene ring substituents is 1. The van der Waals surface area contributed by atoms with Crippen molar-refractivity contribution in [3.05, 3.63) is 63.2 Å². The predicted molar refractivity (Wildman–Crippen MR) is 86.3 cm³/mol. The number of carbonyl (C=O) groups is 4. The van der Waals surface area contributed by atoms with E-state index in [9.17, 15) is 34.4 Å². The van der Waals surface area contributed by atoms with Gasteiger partial charge in [-0.1, -0.05) is 6.07 Å². The number of carbonyl (C=O) groups excluding carboxylic acids is 4. The molecule has 0 atom stereocenters. The summed E-state index contributed by atoms with van der Waals surface area (Å²) < 4.78 is 4.91. The minimum absolute atomic E-state index is 0.0582. The zero-order valence-electron chi connectivity index (χ0n) is 13.6. The van der Waals surface area contributed by atoms with Gasteiger partial charge in [0.15, 0.2) is 5.75 Å². The van der Waals surface area contributed by atoms with Crippen LogP contribution < -0.4 is 14.7 Å².